The first kappa shape index (κ1) is 12.4. The average Bonchev–Trinajstić information content (AvgIpc) is 3.08. The van der Waals surface area contributed by atoms with Crippen LogP contribution in [0.2, 0.25) is 0 Å². The number of hydrogen-bond acceptors (Lipinski definition) is 6. The predicted molar refractivity (Wildman–Crippen MR) is 73.6 cm³/mol. The maximum Gasteiger partial charge on any atom is 0.269 e. The largest absolute Gasteiger partial charge is 0.492 e. The Labute approximate surface area is 117 Å². The first-order chi connectivity index (χ1) is 9.65. The van der Waals surface area contributed by atoms with Crippen LogP contribution in [0.1, 0.15) is 0 Å². The number of aromatic hydroxyl groups is 1. The number of nitro groups is 1. The summed E-state index contributed by atoms with van der Waals surface area (Å²) in [5, 5.41) is 21.1. The molecule has 2 aromatic heterocycles. The third-order valence-electron chi connectivity index (χ3n) is 2.68. The molecule has 0 spiro atoms. The van der Waals surface area contributed by atoms with Crippen LogP contribution in [0.3, 0.4) is 0 Å². The van der Waals surface area contributed by atoms with Crippen molar-refractivity contribution in [2.45, 2.75) is 0 Å². The molecule has 0 aliphatic carbocycles. The van der Waals surface area contributed by atoms with Crippen molar-refractivity contribution in [3.63, 3.8) is 0 Å². The van der Waals surface area contributed by atoms with E-state index in [0.29, 0.717) is 21.2 Å². The van der Waals surface area contributed by atoms with Crippen LogP contribution in [-0.2, 0) is 0 Å². The van der Waals surface area contributed by atoms with Crippen LogP contribution >= 0.6 is 11.3 Å². The molecule has 0 saturated heterocycles. The number of rotatable bonds is 3. The van der Waals surface area contributed by atoms with Gasteiger partial charge in [-0.05, 0) is 29.8 Å². The van der Waals surface area contributed by atoms with Gasteiger partial charge in [0.2, 0.25) is 5.88 Å². The first-order valence-electron chi connectivity index (χ1n) is 5.63. The second kappa shape index (κ2) is 4.78. The molecular formula is C13H8N2O4S. The van der Waals surface area contributed by atoms with Crippen molar-refractivity contribution in [1.29, 1.82) is 0 Å². The van der Waals surface area contributed by atoms with Gasteiger partial charge in [-0.2, -0.15) is 4.98 Å². The minimum atomic E-state index is -0.468. The minimum absolute atomic E-state index is 0.00372. The predicted octanol–water partition coefficient (Wildman–Crippen LogP) is 3.68. The van der Waals surface area contributed by atoms with Crippen LogP contribution in [0.25, 0.3) is 21.2 Å². The van der Waals surface area contributed by atoms with E-state index in [1.54, 1.807) is 24.3 Å². The average molecular weight is 288 g/mol. The lowest BCUT2D eigenvalue weighted by molar-refractivity contribution is -0.384. The molecule has 0 fully saturated rings. The number of furan rings is 1. The van der Waals surface area contributed by atoms with E-state index in [-0.39, 0.29) is 11.6 Å². The highest BCUT2D eigenvalue weighted by atomic mass is 32.1. The summed E-state index contributed by atoms with van der Waals surface area (Å²) in [5.74, 6) is 0.453. The number of benzene rings is 1. The smallest absolute Gasteiger partial charge is 0.269 e. The molecule has 0 atom stereocenters. The van der Waals surface area contributed by atoms with E-state index < -0.39 is 4.92 Å². The van der Waals surface area contributed by atoms with Crippen LogP contribution in [0.4, 0.5) is 5.69 Å². The SMILES string of the molecule is O=[N+]([O-])c1ccc(-c2sc(-c3ccco3)nc2O)cc1. The monoisotopic (exact) mass is 288 g/mol. The molecule has 3 rings (SSSR count). The molecule has 100 valence electrons. The molecule has 0 unspecified atom stereocenters. The molecule has 0 amide bonds. The molecule has 0 aliphatic rings. The van der Waals surface area contributed by atoms with Crippen molar-refractivity contribution in [1.82, 2.24) is 4.98 Å². The lowest BCUT2D eigenvalue weighted by Gasteiger charge is -1.97. The maximum absolute atomic E-state index is 10.6. The Hall–Kier alpha value is -2.67. The standard InChI is InChI=1S/C13H8N2O4S/c16-12-11(8-3-5-9(6-4-8)15(17)18)20-13(14-12)10-2-1-7-19-10/h1-7,16H. The number of non-ortho nitro benzene ring substituents is 1. The second-order valence-electron chi connectivity index (χ2n) is 3.95. The van der Waals surface area contributed by atoms with Crippen molar-refractivity contribution in [3.8, 4) is 27.1 Å². The Morgan fingerprint density at radius 2 is 2.00 bits per heavy atom. The number of thiazole rings is 1. The van der Waals surface area contributed by atoms with E-state index in [4.69, 9.17) is 4.42 Å². The van der Waals surface area contributed by atoms with Gasteiger partial charge in [-0.25, -0.2) is 0 Å². The van der Waals surface area contributed by atoms with Gasteiger partial charge in [0.05, 0.1) is 16.1 Å². The fourth-order valence-corrected chi connectivity index (χ4v) is 2.67. The van der Waals surface area contributed by atoms with Gasteiger partial charge in [0.1, 0.15) is 0 Å². The van der Waals surface area contributed by atoms with E-state index in [0.717, 1.165) is 0 Å². The normalized spacial score (nSPS) is 10.6. The van der Waals surface area contributed by atoms with Crippen molar-refractivity contribution in [2.24, 2.45) is 0 Å². The van der Waals surface area contributed by atoms with Gasteiger partial charge in [-0.1, -0.05) is 0 Å². The molecule has 7 heteroatoms. The fourth-order valence-electron chi connectivity index (χ4n) is 1.74. The third kappa shape index (κ3) is 2.14. The van der Waals surface area contributed by atoms with Crippen molar-refractivity contribution in [2.75, 3.05) is 0 Å². The summed E-state index contributed by atoms with van der Waals surface area (Å²) in [6, 6.07) is 9.42. The van der Waals surface area contributed by atoms with Crippen molar-refractivity contribution in [3.05, 3.63) is 52.8 Å². The van der Waals surface area contributed by atoms with Crippen molar-refractivity contribution < 1.29 is 14.4 Å². The quantitative estimate of drug-likeness (QED) is 0.586. The summed E-state index contributed by atoms with van der Waals surface area (Å²) < 4.78 is 5.22. The van der Waals surface area contributed by atoms with Crippen LogP contribution in [0.5, 0.6) is 5.88 Å². The van der Waals surface area contributed by atoms with Gasteiger partial charge in [-0.3, -0.25) is 10.1 Å². The zero-order valence-electron chi connectivity index (χ0n) is 10.0. The molecule has 0 bridgehead atoms. The number of nitrogens with zero attached hydrogens (tertiary/aromatic N) is 2. The fraction of sp³-hybridized carbons (Fsp3) is 0. The summed E-state index contributed by atoms with van der Waals surface area (Å²) in [4.78, 5) is 14.7. The molecule has 0 aliphatic heterocycles. The topological polar surface area (TPSA) is 89.4 Å². The zero-order chi connectivity index (χ0) is 14.1. The van der Waals surface area contributed by atoms with Crippen LogP contribution in [0.15, 0.2) is 47.1 Å². The van der Waals surface area contributed by atoms with Gasteiger partial charge >= 0.3 is 0 Å². The Morgan fingerprint density at radius 1 is 1.25 bits per heavy atom. The highest BCUT2D eigenvalue weighted by molar-refractivity contribution is 7.18. The Kier molecular flexibility index (Phi) is 2.96. The zero-order valence-corrected chi connectivity index (χ0v) is 10.8. The van der Waals surface area contributed by atoms with Gasteiger partial charge < -0.3 is 9.52 Å². The van der Waals surface area contributed by atoms with Gasteiger partial charge in [-0.15, -0.1) is 11.3 Å². The molecule has 3 aromatic rings. The molecule has 0 radical (unpaired) electrons. The number of hydrogen-bond donors (Lipinski definition) is 1. The van der Waals surface area contributed by atoms with Crippen molar-refractivity contribution >= 4 is 17.0 Å². The molecule has 0 saturated carbocycles. The van der Waals surface area contributed by atoms with E-state index in [9.17, 15) is 15.2 Å². The first-order valence-corrected chi connectivity index (χ1v) is 6.45. The van der Waals surface area contributed by atoms with Crippen LogP contribution in [-0.4, -0.2) is 15.0 Å². The summed E-state index contributed by atoms with van der Waals surface area (Å²) in [5.41, 5.74) is 0.674. The highest BCUT2D eigenvalue weighted by Gasteiger charge is 2.16. The summed E-state index contributed by atoms with van der Waals surface area (Å²) in [6.07, 6.45) is 1.53. The van der Waals surface area contributed by atoms with Crippen LogP contribution < -0.4 is 0 Å². The summed E-state index contributed by atoms with van der Waals surface area (Å²) >= 11 is 1.26. The molecule has 1 aromatic carbocycles. The summed E-state index contributed by atoms with van der Waals surface area (Å²) in [7, 11) is 0. The maximum atomic E-state index is 10.6. The highest BCUT2D eigenvalue weighted by Crippen LogP contribution is 2.39. The van der Waals surface area contributed by atoms with Gasteiger partial charge in [0.25, 0.3) is 5.69 Å². The minimum Gasteiger partial charge on any atom is -0.492 e. The van der Waals surface area contributed by atoms with E-state index in [1.165, 1.54) is 29.7 Å². The van der Waals surface area contributed by atoms with E-state index >= 15 is 0 Å². The molecule has 2 heterocycles. The molecular weight excluding hydrogens is 280 g/mol. The van der Waals surface area contributed by atoms with E-state index in [2.05, 4.69) is 4.98 Å². The Balaban J connectivity index is 2.00. The van der Waals surface area contributed by atoms with E-state index in [1.807, 2.05) is 0 Å². The van der Waals surface area contributed by atoms with Gasteiger partial charge in [0, 0.05) is 12.1 Å². The number of nitro benzene ring substituents is 1. The second-order valence-corrected chi connectivity index (χ2v) is 4.95. The molecule has 6 nitrogen and oxygen atoms in total. The lowest BCUT2D eigenvalue weighted by Crippen LogP contribution is -1.86. The summed E-state index contributed by atoms with van der Waals surface area (Å²) in [6.45, 7) is 0. The molecule has 20 heavy (non-hydrogen) atoms. The Morgan fingerprint density at radius 3 is 2.60 bits per heavy atom. The van der Waals surface area contributed by atoms with Crippen LogP contribution in [0, 0.1) is 10.1 Å². The van der Waals surface area contributed by atoms with Gasteiger partial charge in [0.15, 0.2) is 10.8 Å². The Bertz CT molecular complexity index is 747. The third-order valence-corrected chi connectivity index (χ3v) is 3.79. The number of aromatic nitrogens is 1. The lowest BCUT2D eigenvalue weighted by atomic mass is 10.2. The molecule has 1 N–H and O–H groups in total.